The molecule has 2 aromatic heterocycles. The fourth-order valence-corrected chi connectivity index (χ4v) is 2.83. The van der Waals surface area contributed by atoms with Crippen LogP contribution in [0.15, 0.2) is 36.5 Å². The third kappa shape index (κ3) is 5.00. The zero-order valence-electron chi connectivity index (χ0n) is 16.6. The summed E-state index contributed by atoms with van der Waals surface area (Å²) in [5.41, 5.74) is 0.744. The monoisotopic (exact) mass is 421 g/mol. The van der Waals surface area contributed by atoms with Gasteiger partial charge in [0.2, 0.25) is 5.88 Å². The van der Waals surface area contributed by atoms with E-state index in [9.17, 15) is 18.0 Å². The van der Waals surface area contributed by atoms with Crippen LogP contribution in [0.25, 0.3) is 10.9 Å². The molecule has 7 nitrogen and oxygen atoms in total. The fourth-order valence-electron chi connectivity index (χ4n) is 2.83. The second-order valence-electron chi connectivity index (χ2n) is 6.67. The van der Waals surface area contributed by atoms with Crippen molar-refractivity contribution >= 4 is 22.6 Å². The van der Waals surface area contributed by atoms with Crippen LogP contribution in [-0.4, -0.2) is 27.4 Å². The lowest BCUT2D eigenvalue weighted by molar-refractivity contribution is -0.141. The minimum Gasteiger partial charge on any atom is -0.477 e. The average Bonchev–Trinajstić information content (AvgIpc) is 3.08. The third-order valence-corrected chi connectivity index (χ3v) is 4.45. The zero-order chi connectivity index (χ0) is 21.7. The number of nitrogens with zero attached hydrogens (tertiary/aromatic N) is 3. The normalized spacial score (nSPS) is 11.5. The molecule has 3 rings (SSSR count). The standard InChI is InChI=1S/C20H22F3N5O2/c1-3-4-10-30-18-13(8-9-17(27-18)20(21,22)23)11-24-19(29)26-15-6-5-7-16-14(15)12-25-28(16)2/h5-9,12H,3-4,10-11H2,1-2H3,(H2,24,26,29). The lowest BCUT2D eigenvalue weighted by Crippen LogP contribution is -2.28. The van der Waals surface area contributed by atoms with E-state index < -0.39 is 17.9 Å². The lowest BCUT2D eigenvalue weighted by Gasteiger charge is -2.14. The van der Waals surface area contributed by atoms with Gasteiger partial charge in [0.1, 0.15) is 5.69 Å². The van der Waals surface area contributed by atoms with Gasteiger partial charge in [-0.25, -0.2) is 9.78 Å². The quantitative estimate of drug-likeness (QED) is 0.551. The lowest BCUT2D eigenvalue weighted by atomic mass is 10.2. The van der Waals surface area contributed by atoms with Crippen molar-refractivity contribution in [3.05, 3.63) is 47.8 Å². The summed E-state index contributed by atoms with van der Waals surface area (Å²) in [6, 6.07) is 7.03. The highest BCUT2D eigenvalue weighted by molar-refractivity contribution is 6.00. The van der Waals surface area contributed by atoms with Crippen LogP contribution in [0.2, 0.25) is 0 Å². The summed E-state index contributed by atoms with van der Waals surface area (Å²) in [5, 5.41) is 10.3. The van der Waals surface area contributed by atoms with Gasteiger partial charge in [-0.2, -0.15) is 18.3 Å². The van der Waals surface area contributed by atoms with Crippen molar-refractivity contribution in [3.8, 4) is 5.88 Å². The van der Waals surface area contributed by atoms with E-state index in [1.54, 1.807) is 30.1 Å². The predicted octanol–water partition coefficient (Wildman–Crippen LogP) is 4.49. The number of carbonyl (C=O) groups is 1. The predicted molar refractivity (Wildman–Crippen MR) is 106 cm³/mol. The number of fused-ring (bicyclic) bond motifs is 1. The van der Waals surface area contributed by atoms with E-state index >= 15 is 0 Å². The average molecular weight is 421 g/mol. The van der Waals surface area contributed by atoms with Crippen molar-refractivity contribution in [3.63, 3.8) is 0 Å². The molecule has 2 amide bonds. The number of anilines is 1. The van der Waals surface area contributed by atoms with Crippen LogP contribution >= 0.6 is 0 Å². The maximum atomic E-state index is 13.0. The molecule has 2 heterocycles. The van der Waals surface area contributed by atoms with Crippen LogP contribution in [0.1, 0.15) is 31.0 Å². The van der Waals surface area contributed by atoms with Crippen LogP contribution in [0.4, 0.5) is 23.7 Å². The Morgan fingerprint density at radius 2 is 2.03 bits per heavy atom. The van der Waals surface area contributed by atoms with Gasteiger partial charge in [-0.3, -0.25) is 4.68 Å². The number of aryl methyl sites for hydroxylation is 1. The molecule has 0 spiro atoms. The van der Waals surface area contributed by atoms with Gasteiger partial charge in [0.05, 0.1) is 24.0 Å². The van der Waals surface area contributed by atoms with Crippen LogP contribution in [-0.2, 0) is 19.8 Å². The van der Waals surface area contributed by atoms with Crippen molar-refractivity contribution in [2.24, 2.45) is 7.05 Å². The largest absolute Gasteiger partial charge is 0.477 e. The summed E-state index contributed by atoms with van der Waals surface area (Å²) in [6.07, 6.45) is -1.42. The van der Waals surface area contributed by atoms with E-state index in [2.05, 4.69) is 20.7 Å². The Morgan fingerprint density at radius 3 is 2.77 bits per heavy atom. The summed E-state index contributed by atoms with van der Waals surface area (Å²) in [4.78, 5) is 15.9. The number of hydrogen-bond donors (Lipinski definition) is 2. The van der Waals surface area contributed by atoms with Crippen molar-refractivity contribution < 1.29 is 22.7 Å². The molecule has 0 saturated carbocycles. The molecule has 10 heteroatoms. The second kappa shape index (κ2) is 9.02. The Labute approximate surface area is 171 Å². The van der Waals surface area contributed by atoms with Crippen LogP contribution in [0.5, 0.6) is 5.88 Å². The number of alkyl halides is 3. The van der Waals surface area contributed by atoms with E-state index in [-0.39, 0.29) is 19.0 Å². The van der Waals surface area contributed by atoms with Crippen molar-refractivity contribution in [1.29, 1.82) is 0 Å². The van der Waals surface area contributed by atoms with Crippen molar-refractivity contribution in [2.45, 2.75) is 32.5 Å². The number of hydrogen-bond acceptors (Lipinski definition) is 4. The molecule has 0 fully saturated rings. The van der Waals surface area contributed by atoms with Gasteiger partial charge < -0.3 is 15.4 Å². The number of unbranched alkanes of at least 4 members (excludes halogenated alkanes) is 1. The number of aromatic nitrogens is 3. The molecule has 0 aliphatic carbocycles. The number of amides is 2. The van der Waals surface area contributed by atoms with Crippen LogP contribution in [0.3, 0.4) is 0 Å². The second-order valence-corrected chi connectivity index (χ2v) is 6.67. The minimum absolute atomic E-state index is 0.0402. The van der Waals surface area contributed by atoms with E-state index in [1.165, 1.54) is 6.07 Å². The topological polar surface area (TPSA) is 81.1 Å². The summed E-state index contributed by atoms with van der Waals surface area (Å²) in [5.74, 6) is -0.132. The summed E-state index contributed by atoms with van der Waals surface area (Å²) >= 11 is 0. The first kappa shape index (κ1) is 21.4. The van der Waals surface area contributed by atoms with Gasteiger partial charge in [0.15, 0.2) is 0 Å². The SMILES string of the molecule is CCCCOc1nc(C(F)(F)F)ccc1CNC(=O)Nc1cccc2c1cnn2C. The molecule has 0 saturated heterocycles. The van der Waals surface area contributed by atoms with Gasteiger partial charge in [-0.1, -0.05) is 19.4 Å². The number of ether oxygens (including phenoxy) is 1. The van der Waals surface area contributed by atoms with Gasteiger partial charge >= 0.3 is 12.2 Å². The molecule has 0 unspecified atom stereocenters. The van der Waals surface area contributed by atoms with Crippen molar-refractivity contribution in [2.75, 3.05) is 11.9 Å². The molecule has 2 N–H and O–H groups in total. The summed E-state index contributed by atoms with van der Waals surface area (Å²) in [6.45, 7) is 2.15. The fraction of sp³-hybridized carbons (Fsp3) is 0.350. The number of halogens is 3. The number of rotatable bonds is 7. The number of pyridine rings is 1. The number of urea groups is 1. The van der Waals surface area contributed by atoms with Gasteiger partial charge in [-0.05, 0) is 30.7 Å². The molecule has 0 bridgehead atoms. The summed E-state index contributed by atoms with van der Waals surface area (Å²) < 4.78 is 46.0. The van der Waals surface area contributed by atoms with E-state index in [0.717, 1.165) is 23.4 Å². The number of benzene rings is 1. The maximum Gasteiger partial charge on any atom is 0.433 e. The van der Waals surface area contributed by atoms with Gasteiger partial charge in [0, 0.05) is 24.5 Å². The molecular weight excluding hydrogens is 399 g/mol. The van der Waals surface area contributed by atoms with Crippen molar-refractivity contribution in [1.82, 2.24) is 20.1 Å². The summed E-state index contributed by atoms with van der Waals surface area (Å²) in [7, 11) is 1.80. The smallest absolute Gasteiger partial charge is 0.433 e. The first-order valence-electron chi connectivity index (χ1n) is 9.45. The molecule has 3 aromatic rings. The van der Waals surface area contributed by atoms with E-state index in [0.29, 0.717) is 17.7 Å². The maximum absolute atomic E-state index is 13.0. The first-order chi connectivity index (χ1) is 14.3. The third-order valence-electron chi connectivity index (χ3n) is 4.45. The first-order valence-corrected chi connectivity index (χ1v) is 9.45. The van der Waals surface area contributed by atoms with E-state index in [4.69, 9.17) is 4.74 Å². The highest BCUT2D eigenvalue weighted by atomic mass is 19.4. The van der Waals surface area contributed by atoms with Crippen LogP contribution < -0.4 is 15.4 Å². The Morgan fingerprint density at radius 1 is 1.23 bits per heavy atom. The minimum atomic E-state index is -4.57. The molecule has 0 radical (unpaired) electrons. The zero-order valence-corrected chi connectivity index (χ0v) is 16.6. The molecule has 0 atom stereocenters. The molecule has 0 aliphatic heterocycles. The molecular formula is C20H22F3N5O2. The highest BCUT2D eigenvalue weighted by Gasteiger charge is 2.33. The number of nitrogens with one attached hydrogen (secondary N) is 2. The van der Waals surface area contributed by atoms with Crippen LogP contribution in [0, 0.1) is 0 Å². The molecule has 0 aliphatic rings. The Balaban J connectivity index is 1.71. The van der Waals surface area contributed by atoms with Gasteiger partial charge in [0.25, 0.3) is 0 Å². The van der Waals surface area contributed by atoms with E-state index in [1.807, 2.05) is 13.0 Å². The number of carbonyl (C=O) groups excluding carboxylic acids is 1. The Kier molecular flexibility index (Phi) is 6.43. The molecule has 160 valence electrons. The molecule has 30 heavy (non-hydrogen) atoms. The molecule has 1 aromatic carbocycles. The highest BCUT2D eigenvalue weighted by Crippen LogP contribution is 2.30. The van der Waals surface area contributed by atoms with Gasteiger partial charge in [-0.15, -0.1) is 0 Å². The Bertz CT molecular complexity index is 1030. The Hall–Kier alpha value is -3.30.